The van der Waals surface area contributed by atoms with Crippen molar-refractivity contribution in [1.82, 2.24) is 0 Å². The molecule has 0 aromatic heterocycles. The van der Waals surface area contributed by atoms with Crippen LogP contribution in [0.25, 0.3) is 0 Å². The number of nitrogens with zero attached hydrogens (tertiary/aromatic N) is 2. The summed E-state index contributed by atoms with van der Waals surface area (Å²) >= 11 is 0. The van der Waals surface area contributed by atoms with Gasteiger partial charge >= 0.3 is 0 Å². The Kier molecular flexibility index (Phi) is 2.25. The first-order valence-corrected chi connectivity index (χ1v) is 3.32. The molecule has 0 spiro atoms. The van der Waals surface area contributed by atoms with Gasteiger partial charge in [0, 0.05) is 12.8 Å². The first-order valence-electron chi connectivity index (χ1n) is 3.32. The third kappa shape index (κ3) is 1.46. The van der Waals surface area contributed by atoms with Gasteiger partial charge in [0.05, 0.1) is 0 Å². The van der Waals surface area contributed by atoms with E-state index in [0.29, 0.717) is 4.86 Å². The second kappa shape index (κ2) is 3.20. The molecule has 4 nitrogen and oxygen atoms in total. The molecule has 0 bridgehead atoms. The summed E-state index contributed by atoms with van der Waals surface area (Å²) in [5.74, 6) is 0. The summed E-state index contributed by atoms with van der Waals surface area (Å²) < 4.78 is 0. The molecular formula is C6H11N2O2+. The molecule has 0 aromatic carbocycles. The molecule has 0 radical (unpaired) electrons. The van der Waals surface area contributed by atoms with E-state index in [0.717, 1.165) is 19.3 Å². The van der Waals surface area contributed by atoms with Crippen LogP contribution in [0.4, 0.5) is 0 Å². The topological polar surface area (TPSA) is 55.8 Å². The highest BCUT2D eigenvalue weighted by Gasteiger charge is 2.23. The highest BCUT2D eigenvalue weighted by atomic mass is 16.6. The summed E-state index contributed by atoms with van der Waals surface area (Å²) in [4.78, 5) is 0.615. The Balaban J connectivity index is 2.49. The highest BCUT2D eigenvalue weighted by molar-refractivity contribution is 4.89. The van der Waals surface area contributed by atoms with Crippen molar-refractivity contribution in [2.24, 2.45) is 5.28 Å². The van der Waals surface area contributed by atoms with Crippen molar-refractivity contribution in [2.45, 2.75) is 25.3 Å². The predicted octanol–water partition coefficient (Wildman–Crippen LogP) is 1.34. The minimum absolute atomic E-state index is 0.0463. The standard InChI is InChI=1S/C6H10N2O2/c9-7-8(10)6-4-2-1-3-5-6/h1-2,6,10H,3-5H2/p+1. The zero-order valence-corrected chi connectivity index (χ0v) is 5.64. The van der Waals surface area contributed by atoms with Crippen LogP contribution in [-0.4, -0.2) is 21.3 Å². The van der Waals surface area contributed by atoms with E-state index in [2.05, 4.69) is 11.4 Å². The van der Waals surface area contributed by atoms with Gasteiger partial charge in [0.1, 0.15) is 4.86 Å². The van der Waals surface area contributed by atoms with Crippen LogP contribution in [0.15, 0.2) is 17.4 Å². The van der Waals surface area contributed by atoms with Crippen LogP contribution in [0, 0.1) is 0 Å². The summed E-state index contributed by atoms with van der Waals surface area (Å²) in [7, 11) is 0. The molecule has 1 unspecified atom stereocenters. The Morgan fingerprint density at radius 1 is 1.50 bits per heavy atom. The third-order valence-corrected chi connectivity index (χ3v) is 1.66. The van der Waals surface area contributed by atoms with Crippen LogP contribution in [-0.2, 0) is 0 Å². The van der Waals surface area contributed by atoms with Gasteiger partial charge in [0.2, 0.25) is 11.3 Å². The van der Waals surface area contributed by atoms with Gasteiger partial charge in [0.25, 0.3) is 0 Å². The van der Waals surface area contributed by atoms with Crippen molar-refractivity contribution < 1.29 is 15.3 Å². The minimum Gasteiger partial charge on any atom is -0.359 e. The van der Waals surface area contributed by atoms with Gasteiger partial charge in [-0.3, -0.25) is 5.21 Å². The van der Waals surface area contributed by atoms with Crippen molar-refractivity contribution >= 4 is 0 Å². The summed E-state index contributed by atoms with van der Waals surface area (Å²) in [5.41, 5.74) is 0. The van der Waals surface area contributed by atoms with E-state index in [1.54, 1.807) is 0 Å². The Morgan fingerprint density at radius 2 is 2.30 bits per heavy atom. The van der Waals surface area contributed by atoms with Gasteiger partial charge in [-0.1, -0.05) is 12.2 Å². The molecule has 4 heteroatoms. The molecule has 10 heavy (non-hydrogen) atoms. The summed E-state index contributed by atoms with van der Waals surface area (Å²) in [6.07, 6.45) is 6.57. The lowest BCUT2D eigenvalue weighted by Gasteiger charge is -2.06. The molecule has 2 N–H and O–H groups in total. The van der Waals surface area contributed by atoms with E-state index >= 15 is 0 Å². The molecule has 0 fully saturated rings. The first-order chi connectivity index (χ1) is 4.84. The van der Waals surface area contributed by atoms with Crippen molar-refractivity contribution in [3.8, 4) is 0 Å². The first kappa shape index (κ1) is 7.05. The second-order valence-corrected chi connectivity index (χ2v) is 2.35. The van der Waals surface area contributed by atoms with Crippen LogP contribution in [0.5, 0.6) is 0 Å². The maximum atomic E-state index is 8.87. The zero-order valence-electron chi connectivity index (χ0n) is 5.64. The molecule has 1 atom stereocenters. The van der Waals surface area contributed by atoms with Crippen LogP contribution in [0.2, 0.25) is 0 Å². The molecule has 0 heterocycles. The van der Waals surface area contributed by atoms with Crippen LogP contribution in [0.3, 0.4) is 0 Å². The van der Waals surface area contributed by atoms with E-state index in [4.69, 9.17) is 10.4 Å². The molecule has 0 amide bonds. The summed E-state index contributed by atoms with van der Waals surface area (Å²) in [5, 5.41) is 19.7. The SMILES string of the molecule is O/N=[N+](\O)C1CC=CCC1. The van der Waals surface area contributed by atoms with Gasteiger partial charge in [0.15, 0.2) is 0 Å². The minimum atomic E-state index is -0.0463. The van der Waals surface area contributed by atoms with Gasteiger partial charge < -0.3 is 5.21 Å². The fourth-order valence-corrected chi connectivity index (χ4v) is 1.06. The molecule has 0 aromatic rings. The van der Waals surface area contributed by atoms with Gasteiger partial charge in [-0.2, -0.15) is 0 Å². The number of hydrogen-bond acceptors (Lipinski definition) is 1. The average Bonchev–Trinajstić information content (AvgIpc) is 2.05. The smallest absolute Gasteiger partial charge is 0.238 e. The van der Waals surface area contributed by atoms with Crippen LogP contribution in [0.1, 0.15) is 19.3 Å². The van der Waals surface area contributed by atoms with E-state index in [1.165, 1.54) is 0 Å². The molecule has 1 aliphatic rings. The Labute approximate surface area is 59.0 Å². The Morgan fingerprint density at radius 3 is 2.80 bits per heavy atom. The molecule has 1 rings (SSSR count). The Hall–Kier alpha value is -1.06. The van der Waals surface area contributed by atoms with Crippen molar-refractivity contribution in [3.63, 3.8) is 0 Å². The monoisotopic (exact) mass is 143 g/mol. The maximum Gasteiger partial charge on any atom is 0.238 e. The fraction of sp³-hybridized carbons (Fsp3) is 0.667. The number of rotatable bonds is 1. The summed E-state index contributed by atoms with van der Waals surface area (Å²) in [6.45, 7) is 0. The quantitative estimate of drug-likeness (QED) is 0.252. The lowest BCUT2D eigenvalue weighted by Crippen LogP contribution is -2.22. The van der Waals surface area contributed by atoms with E-state index in [9.17, 15) is 0 Å². The number of hydroxylamine groups is 1. The van der Waals surface area contributed by atoms with Gasteiger partial charge in [-0.15, -0.1) is 0 Å². The van der Waals surface area contributed by atoms with Gasteiger partial charge in [-0.05, 0) is 6.42 Å². The van der Waals surface area contributed by atoms with Gasteiger partial charge in [-0.25, -0.2) is 0 Å². The number of hydrogen-bond donors (Lipinski definition) is 2. The van der Waals surface area contributed by atoms with Crippen molar-refractivity contribution in [3.05, 3.63) is 12.2 Å². The van der Waals surface area contributed by atoms with Crippen LogP contribution < -0.4 is 0 Å². The average molecular weight is 143 g/mol. The lowest BCUT2D eigenvalue weighted by molar-refractivity contribution is -0.859. The van der Waals surface area contributed by atoms with E-state index < -0.39 is 0 Å². The second-order valence-electron chi connectivity index (χ2n) is 2.35. The predicted molar refractivity (Wildman–Crippen MR) is 33.0 cm³/mol. The third-order valence-electron chi connectivity index (χ3n) is 1.66. The molecule has 0 aliphatic heterocycles. The molecule has 0 saturated carbocycles. The zero-order chi connectivity index (χ0) is 7.40. The largest absolute Gasteiger partial charge is 0.359 e. The molecule has 0 saturated heterocycles. The maximum absolute atomic E-state index is 8.87. The van der Waals surface area contributed by atoms with E-state index in [-0.39, 0.29) is 6.04 Å². The van der Waals surface area contributed by atoms with Crippen molar-refractivity contribution in [1.29, 1.82) is 0 Å². The van der Waals surface area contributed by atoms with Crippen molar-refractivity contribution in [2.75, 3.05) is 0 Å². The summed E-state index contributed by atoms with van der Waals surface area (Å²) in [6, 6.07) is -0.0463. The fourth-order valence-electron chi connectivity index (χ4n) is 1.06. The molecular weight excluding hydrogens is 132 g/mol. The normalized spacial score (nSPS) is 26.8. The van der Waals surface area contributed by atoms with Crippen LogP contribution >= 0.6 is 0 Å². The lowest BCUT2D eigenvalue weighted by atomic mass is 10.0. The highest BCUT2D eigenvalue weighted by Crippen LogP contribution is 2.12. The Bertz CT molecular complexity index is 165. The molecule has 56 valence electrons. The number of allylic oxidation sites excluding steroid dienone is 1. The molecule has 1 aliphatic carbocycles. The van der Waals surface area contributed by atoms with E-state index in [1.807, 2.05) is 6.08 Å².